The van der Waals surface area contributed by atoms with E-state index in [4.69, 9.17) is 14.2 Å². The molecule has 1 fully saturated rings. The third-order valence-electron chi connectivity index (χ3n) is 6.32. The van der Waals surface area contributed by atoms with Gasteiger partial charge in [0.15, 0.2) is 0 Å². The van der Waals surface area contributed by atoms with Crippen molar-refractivity contribution in [2.24, 2.45) is 0 Å². The third-order valence-corrected chi connectivity index (χ3v) is 6.32. The molecule has 4 rings (SSSR count). The summed E-state index contributed by atoms with van der Waals surface area (Å²) in [7, 11) is 3.19. The molecule has 9 nitrogen and oxygen atoms in total. The van der Waals surface area contributed by atoms with Crippen LogP contribution in [0, 0.1) is 0 Å². The summed E-state index contributed by atoms with van der Waals surface area (Å²) in [5.74, 6) is -0.155. The molecule has 0 spiro atoms. The fourth-order valence-corrected chi connectivity index (χ4v) is 4.51. The Morgan fingerprint density at radius 2 is 1.91 bits per heavy atom. The van der Waals surface area contributed by atoms with Gasteiger partial charge in [0.05, 0.1) is 24.1 Å². The van der Waals surface area contributed by atoms with E-state index in [0.717, 1.165) is 5.56 Å². The van der Waals surface area contributed by atoms with E-state index in [-0.39, 0.29) is 55.6 Å². The van der Waals surface area contributed by atoms with Gasteiger partial charge in [-0.25, -0.2) is 0 Å². The number of benzene rings is 2. The summed E-state index contributed by atoms with van der Waals surface area (Å²) in [6, 6.07) is 14.5. The van der Waals surface area contributed by atoms with E-state index >= 15 is 0 Å². The first kappa shape index (κ1) is 24.7. The Morgan fingerprint density at radius 3 is 2.69 bits per heavy atom. The number of carbonyl (C=O) groups excluding carboxylic acids is 3. The molecule has 2 aromatic rings. The number of hydrogen-bond donors (Lipinski definition) is 2. The van der Waals surface area contributed by atoms with Crippen molar-refractivity contribution in [2.75, 3.05) is 32.7 Å². The molecule has 0 radical (unpaired) electrons. The number of carbonyl (C=O) groups is 3. The van der Waals surface area contributed by atoms with Gasteiger partial charge < -0.3 is 29.7 Å². The normalized spacial score (nSPS) is 21.6. The highest BCUT2D eigenvalue weighted by Gasteiger charge is 2.39. The van der Waals surface area contributed by atoms with Crippen LogP contribution in [0.25, 0.3) is 0 Å². The summed E-state index contributed by atoms with van der Waals surface area (Å²) < 4.78 is 17.0. The largest absolute Gasteiger partial charge is 0.490 e. The standard InChI is InChI=1S/C26H31N3O6/c1-29-21-10-9-19(13-24(30)27-14-17-6-4-3-5-7-17)35-23(21)15-34-22-11-8-18(12-20(22)26(29)32)28-25(31)16-33-2/h3-8,11-12,19,21,23H,9-10,13-16H2,1-2H3,(H,27,30)(H,28,31)/t19-,21+,23+/m0/s1. The molecule has 0 aliphatic carbocycles. The average molecular weight is 482 g/mol. The van der Waals surface area contributed by atoms with Crippen LogP contribution < -0.4 is 15.4 Å². The minimum absolute atomic E-state index is 0.0677. The van der Waals surface area contributed by atoms with Gasteiger partial charge in [-0.2, -0.15) is 0 Å². The Labute approximate surface area is 204 Å². The number of nitrogens with zero attached hydrogens (tertiary/aromatic N) is 1. The number of likely N-dealkylation sites (N-methyl/N-ethyl adjacent to an activating group) is 1. The van der Waals surface area contributed by atoms with E-state index in [2.05, 4.69) is 10.6 Å². The SMILES string of the molecule is COCC(=O)Nc1ccc2c(c1)C(=O)N(C)[C@@H]1CC[C@@H](CC(=O)NCc3ccccc3)O[C@@H]1CO2. The van der Waals surface area contributed by atoms with E-state index < -0.39 is 0 Å². The van der Waals surface area contributed by atoms with Crippen molar-refractivity contribution in [3.05, 3.63) is 59.7 Å². The smallest absolute Gasteiger partial charge is 0.257 e. The summed E-state index contributed by atoms with van der Waals surface area (Å²) in [6.45, 7) is 0.657. The third kappa shape index (κ3) is 6.17. The monoisotopic (exact) mass is 481 g/mol. The highest BCUT2D eigenvalue weighted by molar-refractivity contribution is 6.00. The van der Waals surface area contributed by atoms with Crippen molar-refractivity contribution >= 4 is 23.4 Å². The van der Waals surface area contributed by atoms with E-state index in [0.29, 0.717) is 36.4 Å². The van der Waals surface area contributed by atoms with Crippen LogP contribution in [0.5, 0.6) is 5.75 Å². The maximum absolute atomic E-state index is 13.3. The highest BCUT2D eigenvalue weighted by atomic mass is 16.5. The molecule has 0 bridgehead atoms. The zero-order valence-electron chi connectivity index (χ0n) is 20.0. The lowest BCUT2D eigenvalue weighted by Gasteiger charge is -2.42. The minimum Gasteiger partial charge on any atom is -0.490 e. The first-order chi connectivity index (χ1) is 16.9. The second kappa shape index (κ2) is 11.3. The van der Waals surface area contributed by atoms with Gasteiger partial charge in [0.1, 0.15) is 25.1 Å². The number of anilines is 1. The van der Waals surface area contributed by atoms with E-state index in [1.54, 1.807) is 30.1 Å². The molecule has 35 heavy (non-hydrogen) atoms. The van der Waals surface area contributed by atoms with Crippen LogP contribution in [-0.2, 0) is 25.6 Å². The second-order valence-corrected chi connectivity index (χ2v) is 8.83. The summed E-state index contributed by atoms with van der Waals surface area (Å²) in [6.07, 6.45) is 1.04. The highest BCUT2D eigenvalue weighted by Crippen LogP contribution is 2.32. The Balaban J connectivity index is 1.38. The zero-order chi connectivity index (χ0) is 24.8. The van der Waals surface area contributed by atoms with Crippen LogP contribution in [0.2, 0.25) is 0 Å². The summed E-state index contributed by atoms with van der Waals surface area (Å²) in [4.78, 5) is 39.3. The summed E-state index contributed by atoms with van der Waals surface area (Å²) in [5, 5.41) is 5.66. The number of amides is 3. The Kier molecular flexibility index (Phi) is 7.99. The molecule has 2 aromatic carbocycles. The van der Waals surface area contributed by atoms with Crippen molar-refractivity contribution in [1.82, 2.24) is 10.2 Å². The lowest BCUT2D eigenvalue weighted by Crippen LogP contribution is -2.53. The molecule has 3 amide bonds. The predicted octanol–water partition coefficient (Wildman–Crippen LogP) is 2.36. The molecular formula is C26H31N3O6. The number of rotatable bonds is 7. The molecule has 2 N–H and O–H groups in total. The van der Waals surface area contributed by atoms with E-state index in [1.807, 2.05) is 30.3 Å². The number of fused-ring (bicyclic) bond motifs is 2. The van der Waals surface area contributed by atoms with E-state index in [1.165, 1.54) is 7.11 Å². The molecule has 1 saturated heterocycles. The van der Waals surface area contributed by atoms with Crippen LogP contribution in [0.15, 0.2) is 48.5 Å². The quantitative estimate of drug-likeness (QED) is 0.629. The maximum Gasteiger partial charge on any atom is 0.257 e. The lowest BCUT2D eigenvalue weighted by molar-refractivity contribution is -0.134. The van der Waals surface area contributed by atoms with Crippen molar-refractivity contribution in [1.29, 1.82) is 0 Å². The second-order valence-electron chi connectivity index (χ2n) is 8.83. The molecule has 2 heterocycles. The number of hydrogen-bond acceptors (Lipinski definition) is 6. The number of nitrogens with one attached hydrogen (secondary N) is 2. The van der Waals surface area contributed by atoms with Crippen molar-refractivity contribution in [2.45, 2.75) is 44.1 Å². The van der Waals surface area contributed by atoms with Crippen LogP contribution in [0.1, 0.15) is 35.2 Å². The maximum atomic E-state index is 13.3. The summed E-state index contributed by atoms with van der Waals surface area (Å²) in [5.41, 5.74) is 1.91. The molecular weight excluding hydrogens is 450 g/mol. The van der Waals surface area contributed by atoms with Crippen LogP contribution in [0.3, 0.4) is 0 Å². The van der Waals surface area contributed by atoms with Crippen LogP contribution >= 0.6 is 0 Å². The van der Waals surface area contributed by atoms with Gasteiger partial charge >= 0.3 is 0 Å². The molecule has 0 unspecified atom stereocenters. The molecule has 186 valence electrons. The molecule has 3 atom stereocenters. The predicted molar refractivity (Wildman–Crippen MR) is 129 cm³/mol. The van der Waals surface area contributed by atoms with Crippen molar-refractivity contribution in [3.63, 3.8) is 0 Å². The van der Waals surface area contributed by atoms with Crippen LogP contribution in [0.4, 0.5) is 5.69 Å². The van der Waals surface area contributed by atoms with E-state index in [9.17, 15) is 14.4 Å². The first-order valence-electron chi connectivity index (χ1n) is 11.7. The topological polar surface area (TPSA) is 106 Å². The van der Waals surface area contributed by atoms with Crippen molar-refractivity contribution in [3.8, 4) is 5.75 Å². The average Bonchev–Trinajstić information content (AvgIpc) is 2.86. The fourth-order valence-electron chi connectivity index (χ4n) is 4.51. The molecule has 9 heteroatoms. The van der Waals surface area contributed by atoms with Gasteiger partial charge in [0, 0.05) is 26.4 Å². The van der Waals surface area contributed by atoms with Gasteiger partial charge in [-0.3, -0.25) is 14.4 Å². The Hall–Kier alpha value is -3.43. The van der Waals surface area contributed by atoms with Gasteiger partial charge in [-0.1, -0.05) is 30.3 Å². The minimum atomic E-state index is -0.348. The van der Waals surface area contributed by atoms with Gasteiger partial charge in [-0.05, 0) is 36.6 Å². The molecule has 0 saturated carbocycles. The summed E-state index contributed by atoms with van der Waals surface area (Å²) >= 11 is 0. The van der Waals surface area contributed by atoms with Gasteiger partial charge in [0.2, 0.25) is 11.8 Å². The van der Waals surface area contributed by atoms with Gasteiger partial charge in [-0.15, -0.1) is 0 Å². The molecule has 2 aliphatic heterocycles. The zero-order valence-corrected chi connectivity index (χ0v) is 20.0. The first-order valence-corrected chi connectivity index (χ1v) is 11.7. The number of methoxy groups -OCH3 is 1. The number of ether oxygens (including phenoxy) is 3. The molecule has 2 aliphatic rings. The fraction of sp³-hybridized carbons (Fsp3) is 0.423. The Bertz CT molecular complexity index is 1060. The van der Waals surface area contributed by atoms with Crippen molar-refractivity contribution < 1.29 is 28.6 Å². The van der Waals surface area contributed by atoms with Gasteiger partial charge in [0.25, 0.3) is 5.91 Å². The molecule has 0 aromatic heterocycles. The lowest BCUT2D eigenvalue weighted by atomic mass is 9.94. The van der Waals surface area contributed by atoms with Crippen LogP contribution in [-0.4, -0.2) is 68.2 Å². The Morgan fingerprint density at radius 1 is 1.11 bits per heavy atom.